The third-order valence-corrected chi connectivity index (χ3v) is 6.01. The van der Waals surface area contributed by atoms with Gasteiger partial charge in [0.2, 0.25) is 0 Å². The molecule has 0 saturated carbocycles. The zero-order valence-electron chi connectivity index (χ0n) is 17.8. The number of rotatable bonds is 6. The first kappa shape index (κ1) is 20.4. The molecule has 1 amide bonds. The Balaban J connectivity index is 1.37. The number of likely N-dealkylation sites (tertiary alicyclic amines) is 1. The Morgan fingerprint density at radius 3 is 2.73 bits per heavy atom. The molecular weight excluding hydrogens is 380 g/mol. The first-order chi connectivity index (χ1) is 14.5. The van der Waals surface area contributed by atoms with Gasteiger partial charge >= 0.3 is 0 Å². The zero-order valence-corrected chi connectivity index (χ0v) is 17.8. The van der Waals surface area contributed by atoms with E-state index in [-0.39, 0.29) is 24.1 Å². The van der Waals surface area contributed by atoms with E-state index in [9.17, 15) is 9.59 Å². The van der Waals surface area contributed by atoms with Crippen molar-refractivity contribution in [2.24, 2.45) is 0 Å². The van der Waals surface area contributed by atoms with Crippen LogP contribution in [-0.2, 0) is 4.79 Å². The highest BCUT2D eigenvalue weighted by Gasteiger charge is 2.27. The molecule has 3 heterocycles. The Bertz CT molecular complexity index is 951. The fourth-order valence-electron chi connectivity index (χ4n) is 4.01. The molecule has 0 N–H and O–H groups in total. The van der Waals surface area contributed by atoms with E-state index in [4.69, 9.17) is 4.74 Å². The molecular formula is C23H30N4O3. The van der Waals surface area contributed by atoms with Gasteiger partial charge in [0.05, 0.1) is 17.9 Å². The van der Waals surface area contributed by atoms with Crippen LogP contribution in [0.25, 0.3) is 0 Å². The number of ether oxygens (including phenoxy) is 1. The molecule has 2 aromatic rings. The van der Waals surface area contributed by atoms with Gasteiger partial charge in [-0.2, -0.15) is 5.10 Å². The van der Waals surface area contributed by atoms with Gasteiger partial charge in [0.1, 0.15) is 5.75 Å². The van der Waals surface area contributed by atoms with Crippen molar-refractivity contribution in [2.75, 3.05) is 37.7 Å². The summed E-state index contributed by atoms with van der Waals surface area (Å²) in [4.78, 5) is 29.3. The van der Waals surface area contributed by atoms with Crippen LogP contribution in [0.5, 0.6) is 5.75 Å². The van der Waals surface area contributed by atoms with Gasteiger partial charge in [0, 0.05) is 32.2 Å². The first-order valence-electron chi connectivity index (χ1n) is 10.9. The van der Waals surface area contributed by atoms with E-state index in [1.165, 1.54) is 10.2 Å². The number of anilines is 1. The van der Waals surface area contributed by atoms with Crippen molar-refractivity contribution in [3.63, 3.8) is 0 Å². The number of hydrogen-bond acceptors (Lipinski definition) is 5. The summed E-state index contributed by atoms with van der Waals surface area (Å²) in [7, 11) is 0. The van der Waals surface area contributed by atoms with E-state index in [0.29, 0.717) is 24.8 Å². The normalized spacial score (nSPS) is 19.0. The van der Waals surface area contributed by atoms with E-state index < -0.39 is 0 Å². The van der Waals surface area contributed by atoms with Crippen LogP contribution in [0.2, 0.25) is 0 Å². The number of carbonyl (C=O) groups is 1. The van der Waals surface area contributed by atoms with Gasteiger partial charge in [-0.3, -0.25) is 9.59 Å². The fraction of sp³-hybridized carbons (Fsp3) is 0.522. The van der Waals surface area contributed by atoms with Crippen molar-refractivity contribution in [3.05, 3.63) is 52.4 Å². The lowest BCUT2D eigenvalue weighted by Gasteiger charge is -2.34. The molecule has 2 aliphatic rings. The average molecular weight is 411 g/mol. The highest BCUT2D eigenvalue weighted by atomic mass is 16.5. The van der Waals surface area contributed by atoms with E-state index >= 15 is 0 Å². The van der Waals surface area contributed by atoms with Crippen LogP contribution in [0.1, 0.15) is 50.6 Å². The quantitative estimate of drug-likeness (QED) is 0.733. The van der Waals surface area contributed by atoms with Crippen LogP contribution in [0.4, 0.5) is 5.69 Å². The predicted octanol–water partition coefficient (Wildman–Crippen LogP) is 2.82. The first-order valence-corrected chi connectivity index (χ1v) is 10.9. The minimum Gasteiger partial charge on any atom is -0.484 e. The van der Waals surface area contributed by atoms with Crippen molar-refractivity contribution in [1.29, 1.82) is 0 Å². The van der Waals surface area contributed by atoms with E-state index in [1.807, 2.05) is 18.2 Å². The minimum absolute atomic E-state index is 0.00446. The topological polar surface area (TPSA) is 67.7 Å². The zero-order chi connectivity index (χ0) is 21.1. The maximum Gasteiger partial charge on any atom is 0.269 e. The molecule has 7 heteroatoms. The monoisotopic (exact) mass is 410 g/mol. The Labute approximate surface area is 177 Å². The summed E-state index contributed by atoms with van der Waals surface area (Å²) in [5.41, 5.74) is 1.98. The average Bonchev–Trinajstić information content (AvgIpc) is 2.71. The number of benzene rings is 1. The number of amides is 1. The molecule has 2 aliphatic heterocycles. The highest BCUT2D eigenvalue weighted by molar-refractivity contribution is 5.77. The molecule has 0 aliphatic carbocycles. The molecule has 2 saturated heterocycles. The predicted molar refractivity (Wildman–Crippen MR) is 116 cm³/mol. The molecule has 1 aromatic heterocycles. The SMILES string of the molecule is CC(C)c1cccc(OCC(=O)N2CCCC(n3ncc(N4CCC4)cc3=O)C2)c1. The van der Waals surface area contributed by atoms with E-state index in [0.717, 1.165) is 38.0 Å². The molecule has 30 heavy (non-hydrogen) atoms. The number of aromatic nitrogens is 2. The Hall–Kier alpha value is -2.83. The van der Waals surface area contributed by atoms with Gasteiger partial charge < -0.3 is 14.5 Å². The van der Waals surface area contributed by atoms with Crippen LogP contribution < -0.4 is 15.2 Å². The molecule has 7 nitrogen and oxygen atoms in total. The summed E-state index contributed by atoms with van der Waals surface area (Å²) in [5, 5.41) is 4.41. The molecule has 160 valence electrons. The maximum atomic E-state index is 12.7. The molecule has 2 fully saturated rings. The highest BCUT2D eigenvalue weighted by Crippen LogP contribution is 2.23. The van der Waals surface area contributed by atoms with Gasteiger partial charge in [0.15, 0.2) is 6.61 Å². The van der Waals surface area contributed by atoms with Crippen LogP contribution in [0.15, 0.2) is 41.3 Å². The lowest BCUT2D eigenvalue weighted by Crippen LogP contribution is -2.45. The van der Waals surface area contributed by atoms with Gasteiger partial charge in [0.25, 0.3) is 11.5 Å². The van der Waals surface area contributed by atoms with Crippen molar-refractivity contribution in [2.45, 2.75) is 45.1 Å². The maximum absolute atomic E-state index is 12.7. The Morgan fingerprint density at radius 2 is 2.03 bits per heavy atom. The number of carbonyl (C=O) groups excluding carboxylic acids is 1. The number of piperidine rings is 1. The summed E-state index contributed by atoms with van der Waals surface area (Å²) >= 11 is 0. The van der Waals surface area contributed by atoms with Gasteiger partial charge in [-0.05, 0) is 42.9 Å². The summed E-state index contributed by atoms with van der Waals surface area (Å²) in [5.74, 6) is 1.06. The number of nitrogens with zero attached hydrogens (tertiary/aromatic N) is 4. The third-order valence-electron chi connectivity index (χ3n) is 6.01. The summed E-state index contributed by atoms with van der Waals surface area (Å²) in [6, 6.07) is 9.45. The molecule has 4 rings (SSSR count). The summed E-state index contributed by atoms with van der Waals surface area (Å²) < 4.78 is 7.29. The Kier molecular flexibility index (Phi) is 6.06. The molecule has 1 atom stereocenters. The molecule has 1 unspecified atom stereocenters. The number of hydrogen-bond donors (Lipinski definition) is 0. The minimum atomic E-state index is -0.0968. The second-order valence-electron chi connectivity index (χ2n) is 8.49. The molecule has 0 radical (unpaired) electrons. The smallest absolute Gasteiger partial charge is 0.269 e. The lowest BCUT2D eigenvalue weighted by molar-refractivity contribution is -0.135. The van der Waals surface area contributed by atoms with Crippen LogP contribution in [0.3, 0.4) is 0 Å². The molecule has 0 spiro atoms. The summed E-state index contributed by atoms with van der Waals surface area (Å²) in [6.07, 6.45) is 4.62. The second kappa shape index (κ2) is 8.90. The molecule has 0 bridgehead atoms. The van der Waals surface area contributed by atoms with Crippen molar-refractivity contribution in [1.82, 2.24) is 14.7 Å². The Morgan fingerprint density at radius 1 is 1.20 bits per heavy atom. The van der Waals surface area contributed by atoms with Crippen molar-refractivity contribution < 1.29 is 9.53 Å². The fourth-order valence-corrected chi connectivity index (χ4v) is 4.01. The van der Waals surface area contributed by atoms with Crippen molar-refractivity contribution in [3.8, 4) is 5.75 Å². The van der Waals surface area contributed by atoms with Gasteiger partial charge in [-0.1, -0.05) is 26.0 Å². The van der Waals surface area contributed by atoms with E-state index in [2.05, 4.69) is 29.9 Å². The standard InChI is InChI=1S/C23H30N4O3/c1-17(2)18-6-3-8-21(12-18)30-16-23(29)26-9-4-7-19(15-26)27-22(28)13-20(14-24-27)25-10-5-11-25/h3,6,8,12-14,17,19H,4-5,7,9-11,15-16H2,1-2H3. The van der Waals surface area contributed by atoms with Gasteiger partial charge in [-0.25, -0.2) is 4.68 Å². The van der Waals surface area contributed by atoms with Crippen LogP contribution in [0, 0.1) is 0 Å². The van der Waals surface area contributed by atoms with Crippen LogP contribution >= 0.6 is 0 Å². The third kappa shape index (κ3) is 4.50. The van der Waals surface area contributed by atoms with Gasteiger partial charge in [-0.15, -0.1) is 0 Å². The second-order valence-corrected chi connectivity index (χ2v) is 8.49. The van der Waals surface area contributed by atoms with Crippen LogP contribution in [-0.4, -0.2) is 53.4 Å². The molecule has 1 aromatic carbocycles. The largest absolute Gasteiger partial charge is 0.484 e. The van der Waals surface area contributed by atoms with Crippen molar-refractivity contribution >= 4 is 11.6 Å². The lowest BCUT2D eigenvalue weighted by atomic mass is 10.0. The summed E-state index contributed by atoms with van der Waals surface area (Å²) in [6.45, 7) is 7.41. The van der Waals surface area contributed by atoms with E-state index in [1.54, 1.807) is 17.2 Å².